The summed E-state index contributed by atoms with van der Waals surface area (Å²) in [5, 5.41) is 22.1. The molecule has 0 unspecified atom stereocenters. The smallest absolute Gasteiger partial charge is 0.0602 e. The molecule has 1 aliphatic heterocycles. The lowest BCUT2D eigenvalue weighted by Crippen LogP contribution is -2.58. The van der Waals surface area contributed by atoms with Gasteiger partial charge in [0.25, 0.3) is 0 Å². The lowest BCUT2D eigenvalue weighted by Gasteiger charge is -2.62. The highest BCUT2D eigenvalue weighted by Crippen LogP contribution is 2.68. The molecular weight excluding hydrogens is 408 g/mol. The van der Waals surface area contributed by atoms with E-state index in [4.69, 9.17) is 0 Å². The number of hydrogen-bond acceptors (Lipinski definition) is 4. The third kappa shape index (κ3) is 4.23. The van der Waals surface area contributed by atoms with Gasteiger partial charge in [-0.15, -0.1) is 0 Å². The molecule has 4 aliphatic carbocycles. The van der Waals surface area contributed by atoms with Crippen LogP contribution in [-0.2, 0) is 0 Å². The van der Waals surface area contributed by atoms with Crippen molar-refractivity contribution in [2.24, 2.45) is 46.3 Å². The molecule has 10 atom stereocenters. The van der Waals surface area contributed by atoms with Gasteiger partial charge < -0.3 is 20.0 Å². The number of nitrogens with zero attached hydrogens (tertiary/aromatic N) is 2. The summed E-state index contributed by atoms with van der Waals surface area (Å²) in [5.74, 6) is 4.26. The largest absolute Gasteiger partial charge is 0.393 e. The van der Waals surface area contributed by atoms with Crippen molar-refractivity contribution in [1.29, 1.82) is 0 Å². The predicted octanol–water partition coefficient (Wildman–Crippen LogP) is 4.64. The molecule has 5 fully saturated rings. The van der Waals surface area contributed by atoms with Crippen LogP contribution in [0.4, 0.5) is 0 Å². The molecule has 4 saturated carbocycles. The maximum absolute atomic E-state index is 11.7. The Morgan fingerprint density at radius 1 is 0.909 bits per heavy atom. The van der Waals surface area contributed by atoms with Crippen LogP contribution in [0.15, 0.2) is 0 Å². The van der Waals surface area contributed by atoms with Crippen LogP contribution in [0.1, 0.15) is 85.0 Å². The first kappa shape index (κ1) is 24.5. The van der Waals surface area contributed by atoms with E-state index in [0.717, 1.165) is 31.1 Å². The molecule has 1 saturated heterocycles. The highest BCUT2D eigenvalue weighted by molar-refractivity contribution is 5.12. The number of hydrogen-bond donors (Lipinski definition) is 2. The van der Waals surface area contributed by atoms with Crippen molar-refractivity contribution >= 4 is 0 Å². The Hall–Kier alpha value is -0.160. The van der Waals surface area contributed by atoms with E-state index in [9.17, 15) is 10.2 Å². The molecule has 4 nitrogen and oxygen atoms in total. The fraction of sp³-hybridized carbons (Fsp3) is 1.00. The Morgan fingerprint density at radius 3 is 2.42 bits per heavy atom. The van der Waals surface area contributed by atoms with Crippen molar-refractivity contribution in [3.63, 3.8) is 0 Å². The zero-order valence-electron chi connectivity index (χ0n) is 22.0. The summed E-state index contributed by atoms with van der Waals surface area (Å²) < 4.78 is 0. The van der Waals surface area contributed by atoms with Crippen molar-refractivity contribution in [3.8, 4) is 0 Å². The molecule has 190 valence electrons. The van der Waals surface area contributed by atoms with Gasteiger partial charge in [-0.1, -0.05) is 20.8 Å². The van der Waals surface area contributed by atoms with E-state index in [2.05, 4.69) is 37.6 Å². The number of fused-ring (bicyclic) bond motifs is 5. The van der Waals surface area contributed by atoms with E-state index in [1.807, 2.05) is 0 Å². The first-order valence-corrected chi connectivity index (χ1v) is 14.5. The van der Waals surface area contributed by atoms with Gasteiger partial charge in [-0.2, -0.15) is 0 Å². The highest BCUT2D eigenvalue weighted by Gasteiger charge is 2.63. The zero-order chi connectivity index (χ0) is 23.4. The van der Waals surface area contributed by atoms with E-state index in [1.165, 1.54) is 77.7 Å². The quantitative estimate of drug-likeness (QED) is 0.627. The Morgan fingerprint density at radius 2 is 1.67 bits per heavy atom. The van der Waals surface area contributed by atoms with Crippen LogP contribution in [-0.4, -0.2) is 72.0 Å². The molecule has 2 N–H and O–H groups in total. The fourth-order valence-corrected chi connectivity index (χ4v) is 10.1. The van der Waals surface area contributed by atoms with E-state index >= 15 is 0 Å². The van der Waals surface area contributed by atoms with Gasteiger partial charge in [-0.25, -0.2) is 0 Å². The van der Waals surface area contributed by atoms with Gasteiger partial charge in [0.15, 0.2) is 0 Å². The van der Waals surface area contributed by atoms with Gasteiger partial charge in [0.05, 0.1) is 12.2 Å². The van der Waals surface area contributed by atoms with E-state index < -0.39 is 0 Å². The van der Waals surface area contributed by atoms with Crippen molar-refractivity contribution in [3.05, 3.63) is 0 Å². The molecule has 0 bridgehead atoms. The van der Waals surface area contributed by atoms with Crippen LogP contribution in [0.3, 0.4) is 0 Å². The lowest BCUT2D eigenvalue weighted by atomic mass is 9.43. The molecule has 0 spiro atoms. The maximum Gasteiger partial charge on any atom is 0.0602 e. The Labute approximate surface area is 203 Å². The van der Waals surface area contributed by atoms with Crippen molar-refractivity contribution in [2.45, 2.75) is 97.2 Å². The Bertz CT molecular complexity index is 679. The maximum atomic E-state index is 11.7. The van der Waals surface area contributed by atoms with E-state index in [0.29, 0.717) is 29.1 Å². The molecule has 0 aromatic rings. The minimum absolute atomic E-state index is 0.0824. The van der Waals surface area contributed by atoms with Crippen molar-refractivity contribution in [2.75, 3.05) is 39.8 Å². The minimum Gasteiger partial charge on any atom is -0.393 e. The summed E-state index contributed by atoms with van der Waals surface area (Å²) in [6.07, 6.45) is 11.9. The molecule has 0 amide bonds. The molecule has 0 aromatic heterocycles. The van der Waals surface area contributed by atoms with Crippen LogP contribution in [0, 0.1) is 46.3 Å². The van der Waals surface area contributed by atoms with Crippen LogP contribution in [0.2, 0.25) is 0 Å². The molecule has 5 aliphatic rings. The zero-order valence-corrected chi connectivity index (χ0v) is 22.0. The topological polar surface area (TPSA) is 46.9 Å². The number of rotatable bonds is 5. The van der Waals surface area contributed by atoms with E-state index in [-0.39, 0.29) is 17.6 Å². The number of piperazine rings is 1. The van der Waals surface area contributed by atoms with Crippen LogP contribution in [0.5, 0.6) is 0 Å². The van der Waals surface area contributed by atoms with Gasteiger partial charge in [-0.3, -0.25) is 0 Å². The molecule has 4 heteroatoms. The number of aliphatic hydroxyl groups is 2. The van der Waals surface area contributed by atoms with Gasteiger partial charge in [0, 0.05) is 26.2 Å². The first-order valence-electron chi connectivity index (χ1n) is 14.5. The average molecular weight is 461 g/mol. The third-order valence-corrected chi connectivity index (χ3v) is 12.2. The molecule has 1 heterocycles. The summed E-state index contributed by atoms with van der Waals surface area (Å²) in [5.41, 5.74) is 0.461. The Balaban J connectivity index is 1.23. The lowest BCUT2D eigenvalue weighted by molar-refractivity contribution is -0.174. The average Bonchev–Trinajstić information content (AvgIpc) is 3.15. The predicted molar refractivity (Wildman–Crippen MR) is 135 cm³/mol. The van der Waals surface area contributed by atoms with Gasteiger partial charge in [-0.05, 0) is 124 Å². The second-order valence-electron chi connectivity index (χ2n) is 13.7. The summed E-state index contributed by atoms with van der Waals surface area (Å²) in [6, 6.07) is 0. The summed E-state index contributed by atoms with van der Waals surface area (Å²) in [4.78, 5) is 5.10. The standard InChI is InChI=1S/C29H52N2O2/c1-20(6-5-13-31-16-14-30(4)15-17-31)24-9-10-25-23-8-7-21-18-22(32)11-12-28(21,2)26(23)19-27(33)29(24,25)3/h20-27,32-33H,5-19H2,1-4H3/t20-,21-,22-,23+,24-,25+,26+,27+,28+,29-/m1/s1. The number of likely N-dealkylation sites (N-methyl/N-ethyl adjacent to an activating group) is 1. The van der Waals surface area contributed by atoms with Gasteiger partial charge in [0.1, 0.15) is 0 Å². The molecular formula is C29H52N2O2. The second-order valence-corrected chi connectivity index (χ2v) is 13.7. The van der Waals surface area contributed by atoms with Gasteiger partial charge >= 0.3 is 0 Å². The molecule has 0 aromatic carbocycles. The monoisotopic (exact) mass is 460 g/mol. The van der Waals surface area contributed by atoms with Crippen LogP contribution >= 0.6 is 0 Å². The third-order valence-electron chi connectivity index (χ3n) is 12.2. The summed E-state index contributed by atoms with van der Waals surface area (Å²) >= 11 is 0. The first-order chi connectivity index (χ1) is 15.7. The van der Waals surface area contributed by atoms with Crippen molar-refractivity contribution < 1.29 is 10.2 Å². The molecule has 33 heavy (non-hydrogen) atoms. The van der Waals surface area contributed by atoms with E-state index in [1.54, 1.807) is 0 Å². The normalized spacial score (nSPS) is 49.8. The van der Waals surface area contributed by atoms with Gasteiger partial charge in [0.2, 0.25) is 0 Å². The summed E-state index contributed by atoms with van der Waals surface area (Å²) in [7, 11) is 2.24. The highest BCUT2D eigenvalue weighted by atomic mass is 16.3. The minimum atomic E-state index is -0.140. The Kier molecular flexibility index (Phi) is 6.97. The SMILES string of the molecule is C[C@H](CCCN1CCN(C)CC1)[C@H]1CC[C@H]2[C@@H]3CC[C@@H]4C[C@H](O)CC[C@]4(C)[C@H]3C[C@H](O)[C@]12C. The fourth-order valence-electron chi connectivity index (χ4n) is 10.1. The second kappa shape index (κ2) is 9.37. The molecule has 0 radical (unpaired) electrons. The summed E-state index contributed by atoms with van der Waals surface area (Å²) in [6.45, 7) is 13.7. The number of aliphatic hydroxyl groups excluding tert-OH is 2. The van der Waals surface area contributed by atoms with Crippen molar-refractivity contribution in [1.82, 2.24) is 9.80 Å². The van der Waals surface area contributed by atoms with Crippen LogP contribution < -0.4 is 0 Å². The molecule has 5 rings (SSSR count). The van der Waals surface area contributed by atoms with Crippen LogP contribution in [0.25, 0.3) is 0 Å².